The van der Waals surface area contributed by atoms with Gasteiger partial charge in [0.15, 0.2) is 0 Å². The zero-order valence-corrected chi connectivity index (χ0v) is 22.6. The van der Waals surface area contributed by atoms with Crippen LogP contribution in [0.1, 0.15) is 76.2 Å². The molecule has 2 aromatic carbocycles. The molecule has 0 bridgehead atoms. The first kappa shape index (κ1) is 29.1. The van der Waals surface area contributed by atoms with Gasteiger partial charge in [0.05, 0.1) is 18.0 Å². The van der Waals surface area contributed by atoms with Gasteiger partial charge in [-0.05, 0) is 58.4 Å². The minimum absolute atomic E-state index is 0.0251. The van der Waals surface area contributed by atoms with Crippen molar-refractivity contribution in [3.05, 3.63) is 89.5 Å². The molecule has 1 amide bonds. The number of imidazole rings is 1. The van der Waals surface area contributed by atoms with Gasteiger partial charge >= 0.3 is 6.09 Å². The van der Waals surface area contributed by atoms with Crippen LogP contribution in [0.5, 0.6) is 0 Å². The molecule has 0 aliphatic heterocycles. The Hall–Kier alpha value is -3.12. The van der Waals surface area contributed by atoms with Crippen molar-refractivity contribution in [2.45, 2.75) is 85.0 Å². The number of ether oxygens (including phenoxy) is 1. The van der Waals surface area contributed by atoms with Gasteiger partial charge in [-0.3, -0.25) is 0 Å². The number of carbonyl (C=O) groups is 1. The highest BCUT2D eigenvalue weighted by Gasteiger charge is 2.20. The van der Waals surface area contributed by atoms with Gasteiger partial charge in [0, 0.05) is 12.5 Å². The molecule has 3 rings (SSSR count). The van der Waals surface area contributed by atoms with Crippen molar-refractivity contribution in [3.63, 3.8) is 0 Å². The van der Waals surface area contributed by atoms with E-state index in [1.54, 1.807) is 6.20 Å². The number of aromatic amines is 1. The molecule has 6 nitrogen and oxygen atoms in total. The second kappa shape index (κ2) is 14.4. The van der Waals surface area contributed by atoms with Crippen LogP contribution in [0.4, 0.5) is 4.79 Å². The summed E-state index contributed by atoms with van der Waals surface area (Å²) in [5.74, 6) is 0.993. The summed E-state index contributed by atoms with van der Waals surface area (Å²) in [5, 5.41) is 13.2. The normalized spacial score (nSPS) is 12.9. The van der Waals surface area contributed by atoms with E-state index in [1.807, 2.05) is 71.0 Å². The largest absolute Gasteiger partial charge is 0.444 e. The summed E-state index contributed by atoms with van der Waals surface area (Å²) in [6.07, 6.45) is 3.95. The number of benzene rings is 2. The fourth-order valence-electron chi connectivity index (χ4n) is 3.66. The summed E-state index contributed by atoms with van der Waals surface area (Å²) < 4.78 is 5.43. The molecular formula is C30H43N3O3. The second-order valence-corrected chi connectivity index (χ2v) is 10.6. The first-order valence-corrected chi connectivity index (χ1v) is 12.8. The first-order chi connectivity index (χ1) is 17.0. The molecule has 0 aliphatic carbocycles. The van der Waals surface area contributed by atoms with E-state index in [2.05, 4.69) is 46.5 Å². The number of aryl methyl sites for hydroxylation is 2. The molecule has 3 aromatic rings. The van der Waals surface area contributed by atoms with Crippen LogP contribution in [0.3, 0.4) is 0 Å². The average Bonchev–Trinajstić information content (AvgIpc) is 3.27. The lowest BCUT2D eigenvalue weighted by Gasteiger charge is -2.24. The van der Waals surface area contributed by atoms with E-state index in [-0.39, 0.29) is 12.0 Å². The van der Waals surface area contributed by atoms with Gasteiger partial charge in [0.25, 0.3) is 0 Å². The van der Waals surface area contributed by atoms with E-state index in [4.69, 9.17) is 4.74 Å². The Labute approximate surface area is 216 Å². The van der Waals surface area contributed by atoms with Gasteiger partial charge in [0.2, 0.25) is 0 Å². The summed E-state index contributed by atoms with van der Waals surface area (Å²) >= 11 is 0. The highest BCUT2D eigenvalue weighted by atomic mass is 16.6. The first-order valence-electron chi connectivity index (χ1n) is 12.8. The van der Waals surface area contributed by atoms with Crippen LogP contribution >= 0.6 is 0 Å². The highest BCUT2D eigenvalue weighted by Crippen LogP contribution is 2.20. The Morgan fingerprint density at radius 1 is 1.06 bits per heavy atom. The van der Waals surface area contributed by atoms with Crippen LogP contribution in [0, 0.1) is 12.8 Å². The molecule has 2 atom stereocenters. The molecule has 1 aromatic heterocycles. The molecular weight excluding hydrogens is 450 g/mol. The number of hydrogen-bond donors (Lipinski definition) is 3. The fourth-order valence-corrected chi connectivity index (χ4v) is 3.66. The zero-order valence-electron chi connectivity index (χ0n) is 22.6. The number of amides is 1. The molecule has 196 valence electrons. The van der Waals surface area contributed by atoms with Gasteiger partial charge < -0.3 is 20.1 Å². The molecule has 3 N–H and O–H groups in total. The number of nitrogens with one attached hydrogen (secondary N) is 2. The monoisotopic (exact) mass is 493 g/mol. The summed E-state index contributed by atoms with van der Waals surface area (Å²) in [7, 11) is 0. The smallest absolute Gasteiger partial charge is 0.407 e. The molecule has 1 unspecified atom stereocenters. The summed E-state index contributed by atoms with van der Waals surface area (Å²) in [4.78, 5) is 19.9. The summed E-state index contributed by atoms with van der Waals surface area (Å²) in [6.45, 7) is 11.6. The minimum atomic E-state index is -0.532. The van der Waals surface area contributed by atoms with Gasteiger partial charge in [-0.2, -0.15) is 0 Å². The molecule has 0 fully saturated rings. The Morgan fingerprint density at radius 2 is 1.67 bits per heavy atom. The molecule has 1 heterocycles. The lowest BCUT2D eigenvalue weighted by Crippen LogP contribution is -2.40. The van der Waals surface area contributed by atoms with Crippen LogP contribution in [-0.4, -0.2) is 32.8 Å². The number of alkyl carbamates (subject to hydrolysis) is 1. The van der Waals surface area contributed by atoms with E-state index >= 15 is 0 Å². The van der Waals surface area contributed by atoms with Crippen molar-refractivity contribution in [2.24, 2.45) is 5.92 Å². The number of aliphatic hydroxyl groups is 1. The Morgan fingerprint density at radius 3 is 2.19 bits per heavy atom. The number of H-pyrrole nitrogens is 1. The van der Waals surface area contributed by atoms with Crippen LogP contribution in [-0.2, 0) is 17.6 Å². The maximum atomic E-state index is 12.3. The van der Waals surface area contributed by atoms with E-state index in [0.29, 0.717) is 0 Å². The van der Waals surface area contributed by atoms with Gasteiger partial charge in [-0.25, -0.2) is 9.78 Å². The topological polar surface area (TPSA) is 87.2 Å². The predicted octanol–water partition coefficient (Wildman–Crippen LogP) is 6.55. The lowest BCUT2D eigenvalue weighted by atomic mass is 10.0. The van der Waals surface area contributed by atoms with Crippen LogP contribution in [0.2, 0.25) is 0 Å². The highest BCUT2D eigenvalue weighted by molar-refractivity contribution is 5.68. The minimum Gasteiger partial charge on any atom is -0.444 e. The second-order valence-electron chi connectivity index (χ2n) is 10.6. The predicted molar refractivity (Wildman–Crippen MR) is 146 cm³/mol. The van der Waals surface area contributed by atoms with Crippen molar-refractivity contribution in [1.29, 1.82) is 0 Å². The number of carbonyl (C=O) groups excluding carboxylic acids is 1. The number of nitrogens with zero attached hydrogens (tertiary/aromatic N) is 1. The van der Waals surface area contributed by atoms with Crippen LogP contribution in [0.15, 0.2) is 66.9 Å². The summed E-state index contributed by atoms with van der Waals surface area (Å²) in [5.41, 5.74) is 2.72. The third-order valence-corrected chi connectivity index (χ3v) is 5.55. The van der Waals surface area contributed by atoms with Crippen molar-refractivity contribution in [1.82, 2.24) is 15.3 Å². The maximum absolute atomic E-state index is 12.3. The van der Waals surface area contributed by atoms with Crippen molar-refractivity contribution < 1.29 is 14.6 Å². The Bertz CT molecular complexity index is 1010. The third kappa shape index (κ3) is 11.5. The molecule has 0 saturated heterocycles. The maximum Gasteiger partial charge on any atom is 0.407 e. The van der Waals surface area contributed by atoms with Gasteiger partial charge in [0.1, 0.15) is 11.4 Å². The summed E-state index contributed by atoms with van der Waals surface area (Å²) in [6, 6.07) is 20.4. The zero-order chi connectivity index (χ0) is 26.6. The SMILES string of the molecule is CC(C)C(O)c1cnc(CCC[C@H](Cc2ccccc2)NC(=O)OC(C)(C)C)[nH]1.Cc1ccccc1. The number of aliphatic hydroxyl groups excluding tert-OH is 1. The number of rotatable bonds is 9. The quantitative estimate of drug-likeness (QED) is 0.315. The number of aromatic nitrogens is 2. The van der Waals surface area contributed by atoms with E-state index in [9.17, 15) is 9.90 Å². The molecule has 6 heteroatoms. The Kier molecular flexibility index (Phi) is 11.7. The number of hydrogen-bond acceptors (Lipinski definition) is 4. The molecule has 0 saturated carbocycles. The van der Waals surface area contributed by atoms with Crippen molar-refractivity contribution in [2.75, 3.05) is 0 Å². The molecule has 0 radical (unpaired) electrons. The fraction of sp³-hybridized carbons (Fsp3) is 0.467. The van der Waals surface area contributed by atoms with E-state index in [1.165, 1.54) is 11.1 Å². The molecule has 0 aliphatic rings. The standard InChI is InChI=1S/C23H35N3O3.C7H8/c1-16(2)21(27)19-15-24-20(26-19)13-9-12-18(14-17-10-7-6-8-11-17)25-22(28)29-23(3,4)5;1-7-5-3-2-4-6-7/h6-8,10-11,15-16,18,21,27H,9,12-14H2,1-5H3,(H,24,26)(H,25,28);2-6H,1H3/t18-,21?;/m1./s1. The van der Waals surface area contributed by atoms with Crippen molar-refractivity contribution in [3.8, 4) is 0 Å². The van der Waals surface area contributed by atoms with Crippen molar-refractivity contribution >= 4 is 6.09 Å². The third-order valence-electron chi connectivity index (χ3n) is 5.55. The average molecular weight is 494 g/mol. The molecule has 36 heavy (non-hydrogen) atoms. The van der Waals surface area contributed by atoms with Crippen LogP contribution in [0.25, 0.3) is 0 Å². The van der Waals surface area contributed by atoms with Gasteiger partial charge in [-0.1, -0.05) is 80.1 Å². The molecule has 0 spiro atoms. The van der Waals surface area contributed by atoms with E-state index in [0.717, 1.165) is 37.2 Å². The lowest BCUT2D eigenvalue weighted by molar-refractivity contribution is 0.0501. The Balaban J connectivity index is 0.000000558. The van der Waals surface area contributed by atoms with E-state index < -0.39 is 17.8 Å². The van der Waals surface area contributed by atoms with Gasteiger partial charge in [-0.15, -0.1) is 0 Å². The van der Waals surface area contributed by atoms with Crippen LogP contribution < -0.4 is 5.32 Å².